The lowest BCUT2D eigenvalue weighted by atomic mass is 10.0. The third kappa shape index (κ3) is 27.8. The van der Waals surface area contributed by atoms with Gasteiger partial charge in [0, 0.05) is 6.61 Å². The average Bonchev–Trinajstić information content (AvgIpc) is 2.74. The quantitative estimate of drug-likeness (QED) is 0.119. The minimum atomic E-state index is -0.294. The van der Waals surface area contributed by atoms with E-state index in [4.69, 9.17) is 5.11 Å². The smallest absolute Gasteiger partial charge is 0.0562 e. The highest BCUT2D eigenvalue weighted by Gasteiger charge is 2.02. The normalized spacial score (nSPS) is 13.5. The van der Waals surface area contributed by atoms with Gasteiger partial charge in [0.15, 0.2) is 0 Å². The molecule has 0 spiro atoms. The zero-order valence-electron chi connectivity index (χ0n) is 21.2. The zero-order valence-corrected chi connectivity index (χ0v) is 21.2. The number of hydrogen-bond donors (Lipinski definition) is 3. The summed E-state index contributed by atoms with van der Waals surface area (Å²) >= 11 is 0. The van der Waals surface area contributed by atoms with Crippen molar-refractivity contribution in [2.45, 2.75) is 173 Å². The van der Waals surface area contributed by atoms with Gasteiger partial charge in [-0.2, -0.15) is 0 Å². The Bertz CT molecular complexity index is 319. The molecule has 0 aromatic rings. The molecular weight excluding hydrogens is 384 g/mol. The third-order valence-electron chi connectivity index (χ3n) is 6.62. The summed E-state index contributed by atoms with van der Waals surface area (Å²) in [6, 6.07) is 0. The van der Waals surface area contributed by atoms with Crippen molar-refractivity contribution in [3.63, 3.8) is 0 Å². The van der Waals surface area contributed by atoms with Crippen LogP contribution in [0.3, 0.4) is 0 Å². The fourth-order valence-corrected chi connectivity index (χ4v) is 4.47. The second kappa shape index (κ2) is 26.1. The van der Waals surface area contributed by atoms with E-state index in [0.29, 0.717) is 6.42 Å². The first kappa shape index (κ1) is 30.9. The fraction of sp³-hybridized carbons (Fsp3) is 1.00. The monoisotopic (exact) mass is 442 g/mol. The first-order chi connectivity index (χ1) is 15.2. The van der Waals surface area contributed by atoms with Crippen molar-refractivity contribution in [2.24, 2.45) is 0 Å². The first-order valence-electron chi connectivity index (χ1n) is 14.1. The predicted octanol–water partition coefficient (Wildman–Crippen LogP) is 8.08. The zero-order chi connectivity index (χ0) is 22.8. The fourth-order valence-electron chi connectivity index (χ4n) is 4.47. The van der Waals surface area contributed by atoms with Crippen LogP contribution in [0.1, 0.15) is 161 Å². The Morgan fingerprint density at radius 1 is 0.387 bits per heavy atom. The lowest BCUT2D eigenvalue weighted by molar-refractivity contribution is 0.122. The molecule has 0 rings (SSSR count). The lowest BCUT2D eigenvalue weighted by Crippen LogP contribution is -2.08. The Labute approximate surface area is 195 Å². The molecular formula is C28H58O3. The molecule has 0 unspecified atom stereocenters. The van der Waals surface area contributed by atoms with Crippen molar-refractivity contribution in [1.82, 2.24) is 0 Å². The molecule has 0 aliphatic rings. The van der Waals surface area contributed by atoms with Crippen LogP contribution in [-0.4, -0.2) is 34.1 Å². The van der Waals surface area contributed by atoms with Crippen LogP contribution in [0.2, 0.25) is 0 Å². The molecule has 0 aromatic carbocycles. The van der Waals surface area contributed by atoms with Gasteiger partial charge in [-0.15, -0.1) is 0 Å². The molecule has 3 heteroatoms. The molecule has 2 atom stereocenters. The summed E-state index contributed by atoms with van der Waals surface area (Å²) < 4.78 is 0. The number of rotatable bonds is 26. The molecule has 0 saturated heterocycles. The third-order valence-corrected chi connectivity index (χ3v) is 6.62. The van der Waals surface area contributed by atoms with E-state index in [1.54, 1.807) is 0 Å². The topological polar surface area (TPSA) is 60.7 Å². The van der Waals surface area contributed by atoms with E-state index in [0.717, 1.165) is 19.3 Å². The van der Waals surface area contributed by atoms with Gasteiger partial charge in [-0.25, -0.2) is 0 Å². The Morgan fingerprint density at radius 2 is 0.645 bits per heavy atom. The molecule has 188 valence electrons. The van der Waals surface area contributed by atoms with Crippen LogP contribution in [0.15, 0.2) is 0 Å². The van der Waals surface area contributed by atoms with E-state index >= 15 is 0 Å². The number of hydrogen-bond acceptors (Lipinski definition) is 3. The van der Waals surface area contributed by atoms with Crippen LogP contribution in [0, 0.1) is 0 Å². The molecule has 0 saturated carbocycles. The van der Waals surface area contributed by atoms with Gasteiger partial charge in [0.05, 0.1) is 12.2 Å². The summed E-state index contributed by atoms with van der Waals surface area (Å²) in [5.74, 6) is 0. The molecule has 0 bridgehead atoms. The van der Waals surface area contributed by atoms with Gasteiger partial charge in [0.1, 0.15) is 0 Å². The molecule has 0 fully saturated rings. The number of aliphatic hydroxyl groups is 3. The molecule has 31 heavy (non-hydrogen) atoms. The van der Waals surface area contributed by atoms with Crippen molar-refractivity contribution in [1.29, 1.82) is 0 Å². The standard InChI is InChI=1S/C28H58O3/c1-27(30)23-21-19-17-15-13-11-9-7-5-3-2-4-6-8-10-12-14-16-18-20-22-24-28(31)25-26-29/h27-31H,2-26H2,1H3/t27-,28-/m1/s1. The molecule has 0 heterocycles. The Hall–Kier alpha value is -0.120. The maximum atomic E-state index is 9.56. The molecule has 0 aliphatic heterocycles. The van der Waals surface area contributed by atoms with Crippen molar-refractivity contribution in [3.8, 4) is 0 Å². The predicted molar refractivity (Wildman–Crippen MR) is 136 cm³/mol. The van der Waals surface area contributed by atoms with E-state index in [9.17, 15) is 10.2 Å². The van der Waals surface area contributed by atoms with Crippen LogP contribution in [-0.2, 0) is 0 Å². The van der Waals surface area contributed by atoms with Crippen molar-refractivity contribution < 1.29 is 15.3 Å². The summed E-state index contributed by atoms with van der Waals surface area (Å²) in [6.45, 7) is 2.00. The Kier molecular flexibility index (Phi) is 26.0. The average molecular weight is 443 g/mol. The van der Waals surface area contributed by atoms with Crippen LogP contribution >= 0.6 is 0 Å². The van der Waals surface area contributed by atoms with Crippen molar-refractivity contribution >= 4 is 0 Å². The summed E-state index contributed by atoms with van der Waals surface area (Å²) in [6.07, 6.45) is 30.6. The van der Waals surface area contributed by atoms with Crippen LogP contribution in [0.5, 0.6) is 0 Å². The van der Waals surface area contributed by atoms with Gasteiger partial charge < -0.3 is 15.3 Å². The van der Waals surface area contributed by atoms with Gasteiger partial charge in [0.2, 0.25) is 0 Å². The van der Waals surface area contributed by atoms with E-state index in [1.165, 1.54) is 128 Å². The second-order valence-corrected chi connectivity index (χ2v) is 10.0. The highest BCUT2D eigenvalue weighted by molar-refractivity contribution is 4.56. The van der Waals surface area contributed by atoms with E-state index in [1.807, 2.05) is 6.92 Å². The molecule has 0 amide bonds. The Morgan fingerprint density at radius 3 is 0.903 bits per heavy atom. The summed E-state index contributed by atoms with van der Waals surface area (Å²) in [5, 5.41) is 27.6. The van der Waals surface area contributed by atoms with Gasteiger partial charge in [0.25, 0.3) is 0 Å². The highest BCUT2D eigenvalue weighted by atomic mass is 16.3. The van der Waals surface area contributed by atoms with Gasteiger partial charge in [-0.3, -0.25) is 0 Å². The first-order valence-corrected chi connectivity index (χ1v) is 14.1. The van der Waals surface area contributed by atoms with Gasteiger partial charge >= 0.3 is 0 Å². The molecule has 0 aromatic heterocycles. The number of unbranched alkanes of at least 4 members (excludes halogenated alkanes) is 20. The second-order valence-electron chi connectivity index (χ2n) is 10.0. The van der Waals surface area contributed by atoms with Crippen LogP contribution in [0.4, 0.5) is 0 Å². The molecule has 0 aliphatic carbocycles. The van der Waals surface area contributed by atoms with Gasteiger partial charge in [-0.05, 0) is 26.2 Å². The largest absolute Gasteiger partial charge is 0.396 e. The number of aliphatic hydroxyl groups excluding tert-OH is 3. The maximum absolute atomic E-state index is 9.56. The summed E-state index contributed by atoms with van der Waals surface area (Å²) in [4.78, 5) is 0. The van der Waals surface area contributed by atoms with E-state index in [-0.39, 0.29) is 18.8 Å². The molecule has 3 nitrogen and oxygen atoms in total. The van der Waals surface area contributed by atoms with E-state index in [2.05, 4.69) is 0 Å². The summed E-state index contributed by atoms with van der Waals surface area (Å²) in [7, 11) is 0. The van der Waals surface area contributed by atoms with Crippen LogP contribution < -0.4 is 0 Å². The Balaban J connectivity index is 3.04. The maximum Gasteiger partial charge on any atom is 0.0562 e. The summed E-state index contributed by atoms with van der Waals surface area (Å²) in [5.41, 5.74) is 0. The lowest BCUT2D eigenvalue weighted by Gasteiger charge is -2.08. The molecule has 3 N–H and O–H groups in total. The van der Waals surface area contributed by atoms with Gasteiger partial charge in [-0.1, -0.05) is 135 Å². The minimum absolute atomic E-state index is 0.106. The van der Waals surface area contributed by atoms with Crippen LogP contribution in [0.25, 0.3) is 0 Å². The van der Waals surface area contributed by atoms with Crippen molar-refractivity contribution in [2.75, 3.05) is 6.61 Å². The molecule has 0 radical (unpaired) electrons. The van der Waals surface area contributed by atoms with Crippen molar-refractivity contribution in [3.05, 3.63) is 0 Å². The SMILES string of the molecule is C[C@@H](O)CCCCCCCCCCCCCCCCCCCCCCC[C@@H](O)CCO. The highest BCUT2D eigenvalue weighted by Crippen LogP contribution is 2.16. The minimum Gasteiger partial charge on any atom is -0.396 e. The van der Waals surface area contributed by atoms with E-state index < -0.39 is 0 Å².